The number of benzene rings is 3. The Morgan fingerprint density at radius 1 is 0.879 bits per heavy atom. The molecule has 3 aromatic carbocycles. The van der Waals surface area contributed by atoms with Crippen LogP contribution in [0.5, 0.6) is 5.75 Å². The highest BCUT2D eigenvalue weighted by atomic mass is 32.2. The van der Waals surface area contributed by atoms with Crippen molar-refractivity contribution in [3.8, 4) is 5.75 Å². The fourth-order valence-corrected chi connectivity index (χ4v) is 4.85. The minimum Gasteiger partial charge on any atom is -0.496 e. The van der Waals surface area contributed by atoms with Crippen molar-refractivity contribution in [1.29, 1.82) is 0 Å². The lowest BCUT2D eigenvalue weighted by atomic mass is 10.1. The van der Waals surface area contributed by atoms with Crippen molar-refractivity contribution in [3.05, 3.63) is 95.6 Å². The van der Waals surface area contributed by atoms with Crippen LogP contribution in [-0.2, 0) is 21.2 Å². The van der Waals surface area contributed by atoms with E-state index in [1.54, 1.807) is 31.4 Å². The van der Waals surface area contributed by atoms with Crippen molar-refractivity contribution in [3.63, 3.8) is 0 Å². The van der Waals surface area contributed by atoms with Crippen LogP contribution >= 0.6 is 0 Å². The van der Waals surface area contributed by atoms with Crippen LogP contribution < -0.4 is 14.8 Å². The smallest absolute Gasteiger partial charge is 0.241 e. The van der Waals surface area contributed by atoms with Crippen LogP contribution in [0.3, 0.4) is 0 Å². The Morgan fingerprint density at radius 2 is 1.52 bits per heavy atom. The summed E-state index contributed by atoms with van der Waals surface area (Å²) in [5.74, 6) is 0.653. The number of rotatable bonds is 10. The molecule has 0 saturated heterocycles. The summed E-state index contributed by atoms with van der Waals surface area (Å²) < 4.78 is 33.5. The van der Waals surface area contributed by atoms with E-state index in [9.17, 15) is 13.2 Å². The fourth-order valence-electron chi connectivity index (χ4n) is 3.62. The van der Waals surface area contributed by atoms with Gasteiger partial charge in [-0.25, -0.2) is 13.1 Å². The van der Waals surface area contributed by atoms with Gasteiger partial charge in [-0.05, 0) is 49.6 Å². The highest BCUT2D eigenvalue weighted by Crippen LogP contribution is 2.24. The topological polar surface area (TPSA) is 84.5 Å². The molecule has 6 nitrogen and oxygen atoms in total. The summed E-state index contributed by atoms with van der Waals surface area (Å²) in [6.07, 6.45) is 0.813. The monoisotopic (exact) mass is 466 g/mol. The SMILES string of the molecule is COc1ccccc1[C@H](C)NC(=O)CCc1ccc(S(=O)(=O)N[C@H](C)c2ccccc2)cc1. The second-order valence-corrected chi connectivity index (χ2v) is 9.64. The fraction of sp³-hybridized carbons (Fsp3) is 0.269. The quantitative estimate of drug-likeness (QED) is 0.459. The zero-order valence-corrected chi connectivity index (χ0v) is 19.9. The summed E-state index contributed by atoms with van der Waals surface area (Å²) in [5, 5.41) is 2.99. The molecule has 0 aliphatic carbocycles. The maximum atomic E-state index is 12.7. The van der Waals surface area contributed by atoms with E-state index < -0.39 is 10.0 Å². The Labute approximate surface area is 196 Å². The van der Waals surface area contributed by atoms with Crippen LogP contribution in [0.15, 0.2) is 83.8 Å². The molecule has 1 amide bonds. The molecule has 174 valence electrons. The first-order valence-corrected chi connectivity index (χ1v) is 12.4. The molecular weight excluding hydrogens is 436 g/mol. The number of nitrogens with one attached hydrogen (secondary N) is 2. The molecule has 0 aromatic heterocycles. The third-order valence-electron chi connectivity index (χ3n) is 5.49. The summed E-state index contributed by atoms with van der Waals surface area (Å²) in [5.41, 5.74) is 2.70. The van der Waals surface area contributed by atoms with E-state index in [1.807, 2.05) is 68.4 Å². The number of methoxy groups -OCH3 is 1. The zero-order chi connectivity index (χ0) is 23.8. The average Bonchev–Trinajstić information content (AvgIpc) is 2.83. The number of hydrogen-bond acceptors (Lipinski definition) is 4. The van der Waals surface area contributed by atoms with E-state index in [0.717, 1.165) is 22.4 Å². The van der Waals surface area contributed by atoms with Gasteiger partial charge in [0.1, 0.15) is 5.75 Å². The van der Waals surface area contributed by atoms with Gasteiger partial charge in [0.15, 0.2) is 0 Å². The van der Waals surface area contributed by atoms with Crippen LogP contribution in [0.1, 0.15) is 49.0 Å². The molecule has 2 atom stereocenters. The van der Waals surface area contributed by atoms with Crippen LogP contribution in [0.2, 0.25) is 0 Å². The first-order chi connectivity index (χ1) is 15.8. The summed E-state index contributed by atoms with van der Waals surface area (Å²) >= 11 is 0. The first-order valence-electron chi connectivity index (χ1n) is 10.9. The first kappa shape index (κ1) is 24.5. The number of sulfonamides is 1. The molecule has 33 heavy (non-hydrogen) atoms. The van der Waals surface area contributed by atoms with E-state index >= 15 is 0 Å². The standard InChI is InChI=1S/C26H30N2O4S/c1-19(22-9-5-4-6-10-22)28-33(30,31)23-16-13-21(14-17-23)15-18-26(29)27-20(2)24-11-7-8-12-25(24)32-3/h4-14,16-17,19-20,28H,15,18H2,1-3H3,(H,27,29)/t19-,20+/m1/s1. The van der Waals surface area contributed by atoms with Crippen molar-refractivity contribution < 1.29 is 17.9 Å². The largest absolute Gasteiger partial charge is 0.496 e. The van der Waals surface area contributed by atoms with Gasteiger partial charge in [-0.3, -0.25) is 4.79 Å². The van der Waals surface area contributed by atoms with Gasteiger partial charge < -0.3 is 10.1 Å². The van der Waals surface area contributed by atoms with Crippen molar-refractivity contribution >= 4 is 15.9 Å². The van der Waals surface area contributed by atoms with E-state index in [4.69, 9.17) is 4.74 Å². The van der Waals surface area contributed by atoms with E-state index in [1.165, 1.54) is 0 Å². The minimum absolute atomic E-state index is 0.0801. The molecule has 0 heterocycles. The van der Waals surface area contributed by atoms with Gasteiger partial charge in [0, 0.05) is 18.0 Å². The zero-order valence-electron chi connectivity index (χ0n) is 19.1. The molecule has 0 unspecified atom stereocenters. The lowest BCUT2D eigenvalue weighted by Crippen LogP contribution is -2.27. The second-order valence-electron chi connectivity index (χ2n) is 7.93. The predicted molar refractivity (Wildman–Crippen MR) is 129 cm³/mol. The Kier molecular flexibility index (Phi) is 8.25. The average molecular weight is 467 g/mol. The normalized spacial score (nSPS) is 13.2. The molecule has 0 bridgehead atoms. The Hall–Kier alpha value is -3.16. The molecule has 0 aliphatic rings. The number of amides is 1. The Morgan fingerprint density at radius 3 is 2.18 bits per heavy atom. The molecule has 3 rings (SSSR count). The van der Waals surface area contributed by atoms with E-state index in [-0.39, 0.29) is 22.9 Å². The molecular formula is C26H30N2O4S. The third-order valence-corrected chi connectivity index (χ3v) is 7.05. The van der Waals surface area contributed by atoms with Crippen LogP contribution in [0.25, 0.3) is 0 Å². The van der Waals surface area contributed by atoms with E-state index in [0.29, 0.717) is 12.8 Å². The lowest BCUT2D eigenvalue weighted by molar-refractivity contribution is -0.121. The van der Waals surface area contributed by atoms with Crippen molar-refractivity contribution in [2.75, 3.05) is 7.11 Å². The summed E-state index contributed by atoms with van der Waals surface area (Å²) in [6, 6.07) is 23.1. The van der Waals surface area contributed by atoms with Gasteiger partial charge in [-0.15, -0.1) is 0 Å². The van der Waals surface area contributed by atoms with Crippen LogP contribution in [-0.4, -0.2) is 21.4 Å². The van der Waals surface area contributed by atoms with Gasteiger partial charge in [0.2, 0.25) is 15.9 Å². The summed E-state index contributed by atoms with van der Waals surface area (Å²) in [4.78, 5) is 12.6. The highest BCUT2D eigenvalue weighted by molar-refractivity contribution is 7.89. The van der Waals surface area contributed by atoms with Crippen molar-refractivity contribution in [2.24, 2.45) is 0 Å². The molecule has 0 saturated carbocycles. The minimum atomic E-state index is -3.65. The molecule has 3 aromatic rings. The molecule has 0 fully saturated rings. The van der Waals surface area contributed by atoms with Crippen LogP contribution in [0.4, 0.5) is 0 Å². The van der Waals surface area contributed by atoms with Gasteiger partial charge in [0.05, 0.1) is 18.0 Å². The molecule has 0 radical (unpaired) electrons. The highest BCUT2D eigenvalue weighted by Gasteiger charge is 2.18. The number of aryl methyl sites for hydroxylation is 1. The van der Waals surface area contributed by atoms with Gasteiger partial charge >= 0.3 is 0 Å². The van der Waals surface area contributed by atoms with Gasteiger partial charge in [0.25, 0.3) is 0 Å². The number of carbonyl (C=O) groups excluding carboxylic acids is 1. The molecule has 0 spiro atoms. The summed E-state index contributed by atoms with van der Waals surface area (Å²) in [6.45, 7) is 3.73. The third kappa shape index (κ3) is 6.66. The molecule has 2 N–H and O–H groups in total. The number of ether oxygens (including phenoxy) is 1. The van der Waals surface area contributed by atoms with Crippen molar-refractivity contribution in [2.45, 2.75) is 43.7 Å². The maximum absolute atomic E-state index is 12.7. The summed E-state index contributed by atoms with van der Waals surface area (Å²) in [7, 11) is -2.04. The van der Waals surface area contributed by atoms with Crippen LogP contribution in [0, 0.1) is 0 Å². The maximum Gasteiger partial charge on any atom is 0.241 e. The Balaban J connectivity index is 1.55. The second kappa shape index (κ2) is 11.1. The number of carbonyl (C=O) groups is 1. The lowest BCUT2D eigenvalue weighted by Gasteiger charge is -2.17. The Bertz CT molecular complexity index is 1160. The number of para-hydroxylation sites is 1. The molecule has 0 aliphatic heterocycles. The van der Waals surface area contributed by atoms with Crippen molar-refractivity contribution in [1.82, 2.24) is 10.0 Å². The van der Waals surface area contributed by atoms with Gasteiger partial charge in [-0.2, -0.15) is 0 Å². The van der Waals surface area contributed by atoms with E-state index in [2.05, 4.69) is 10.0 Å². The van der Waals surface area contributed by atoms with Gasteiger partial charge in [-0.1, -0.05) is 60.7 Å². The molecule has 7 heteroatoms. The predicted octanol–water partition coefficient (Wildman–Crippen LogP) is 4.54. The number of hydrogen-bond donors (Lipinski definition) is 2.